The van der Waals surface area contributed by atoms with Gasteiger partial charge in [0.25, 0.3) is 0 Å². The number of pyridine rings is 1. The molecule has 0 aliphatic carbocycles. The van der Waals surface area contributed by atoms with Crippen molar-refractivity contribution in [2.45, 2.75) is 32.0 Å². The van der Waals surface area contributed by atoms with Crippen molar-refractivity contribution in [3.05, 3.63) is 59.3 Å². The molecule has 3 heterocycles. The zero-order chi connectivity index (χ0) is 18.6. The van der Waals surface area contributed by atoms with Gasteiger partial charge < -0.3 is 15.4 Å². The Hall–Kier alpha value is -2.44. The minimum Gasteiger partial charge on any atom is -0.383 e. The Kier molecular flexibility index (Phi) is 5.36. The lowest BCUT2D eigenvalue weighted by Gasteiger charge is -2.37. The fraction of sp³-hybridized carbons (Fsp3) is 0.429. The van der Waals surface area contributed by atoms with Gasteiger partial charge in [0, 0.05) is 50.4 Å². The smallest absolute Gasteiger partial charge is 0.224 e. The number of fused-ring (bicyclic) bond motifs is 1. The second-order valence-corrected chi connectivity index (χ2v) is 7.29. The minimum atomic E-state index is 0.0722. The van der Waals surface area contributed by atoms with Crippen molar-refractivity contribution in [1.82, 2.24) is 14.8 Å². The zero-order valence-corrected chi connectivity index (χ0v) is 15.5. The van der Waals surface area contributed by atoms with Gasteiger partial charge in [-0.3, -0.25) is 9.69 Å². The molecular weight excluding hydrogens is 340 g/mol. The molecule has 1 saturated heterocycles. The van der Waals surface area contributed by atoms with Gasteiger partial charge in [-0.15, -0.1) is 0 Å². The van der Waals surface area contributed by atoms with Gasteiger partial charge in [0.15, 0.2) is 0 Å². The van der Waals surface area contributed by atoms with Gasteiger partial charge in [-0.2, -0.15) is 0 Å². The van der Waals surface area contributed by atoms with Crippen LogP contribution in [-0.4, -0.2) is 53.0 Å². The SMILES string of the molecule is Nc1ncccc1CN1CCOCC1CC(=O)N1CCc2ccccc2C1. The molecule has 0 saturated carbocycles. The molecule has 2 aliphatic rings. The molecule has 6 nitrogen and oxygen atoms in total. The van der Waals surface area contributed by atoms with E-state index >= 15 is 0 Å². The normalized spacial score (nSPS) is 20.3. The van der Waals surface area contributed by atoms with Crippen molar-refractivity contribution < 1.29 is 9.53 Å². The molecule has 6 heteroatoms. The summed E-state index contributed by atoms with van der Waals surface area (Å²) >= 11 is 0. The van der Waals surface area contributed by atoms with E-state index in [0.29, 0.717) is 38.5 Å². The van der Waals surface area contributed by atoms with E-state index in [1.165, 1.54) is 11.1 Å². The summed E-state index contributed by atoms with van der Waals surface area (Å²) in [6.45, 7) is 4.26. The Morgan fingerprint density at radius 2 is 2.04 bits per heavy atom. The summed E-state index contributed by atoms with van der Waals surface area (Å²) in [6, 6.07) is 12.4. The van der Waals surface area contributed by atoms with E-state index in [4.69, 9.17) is 10.5 Å². The van der Waals surface area contributed by atoms with E-state index in [9.17, 15) is 4.79 Å². The van der Waals surface area contributed by atoms with Crippen molar-refractivity contribution in [2.75, 3.05) is 32.0 Å². The zero-order valence-electron chi connectivity index (χ0n) is 15.5. The number of carbonyl (C=O) groups is 1. The predicted molar refractivity (Wildman–Crippen MR) is 104 cm³/mol. The van der Waals surface area contributed by atoms with E-state index in [0.717, 1.165) is 25.1 Å². The third kappa shape index (κ3) is 4.12. The summed E-state index contributed by atoms with van der Waals surface area (Å²) in [5, 5.41) is 0. The summed E-state index contributed by atoms with van der Waals surface area (Å²) in [5.74, 6) is 0.755. The number of morpholine rings is 1. The number of benzene rings is 1. The summed E-state index contributed by atoms with van der Waals surface area (Å²) < 4.78 is 5.67. The van der Waals surface area contributed by atoms with Crippen LogP contribution in [0.15, 0.2) is 42.6 Å². The Balaban J connectivity index is 1.41. The molecule has 0 bridgehead atoms. The van der Waals surface area contributed by atoms with Crippen LogP contribution in [0.25, 0.3) is 0 Å². The average Bonchev–Trinajstić information content (AvgIpc) is 2.70. The highest BCUT2D eigenvalue weighted by atomic mass is 16.5. The highest BCUT2D eigenvalue weighted by Crippen LogP contribution is 2.22. The van der Waals surface area contributed by atoms with Gasteiger partial charge in [0.1, 0.15) is 5.82 Å². The van der Waals surface area contributed by atoms with Gasteiger partial charge in [-0.25, -0.2) is 4.98 Å². The van der Waals surface area contributed by atoms with E-state index in [-0.39, 0.29) is 11.9 Å². The van der Waals surface area contributed by atoms with E-state index < -0.39 is 0 Å². The lowest BCUT2D eigenvalue weighted by Crippen LogP contribution is -2.48. The Morgan fingerprint density at radius 1 is 1.19 bits per heavy atom. The van der Waals surface area contributed by atoms with Gasteiger partial charge in [-0.05, 0) is 23.6 Å². The number of nitrogens with two attached hydrogens (primary N) is 1. The van der Waals surface area contributed by atoms with Crippen molar-refractivity contribution in [3.8, 4) is 0 Å². The Morgan fingerprint density at radius 3 is 2.89 bits per heavy atom. The molecular formula is C21H26N4O2. The van der Waals surface area contributed by atoms with E-state index in [2.05, 4.69) is 28.1 Å². The molecule has 2 aliphatic heterocycles. The molecule has 142 valence electrons. The van der Waals surface area contributed by atoms with Crippen LogP contribution < -0.4 is 5.73 Å². The number of anilines is 1. The van der Waals surface area contributed by atoms with Gasteiger partial charge in [0.2, 0.25) is 5.91 Å². The van der Waals surface area contributed by atoms with Crippen LogP contribution in [0.5, 0.6) is 0 Å². The van der Waals surface area contributed by atoms with E-state index in [1.54, 1.807) is 6.20 Å². The lowest BCUT2D eigenvalue weighted by molar-refractivity contribution is -0.135. The van der Waals surface area contributed by atoms with Crippen LogP contribution in [0.4, 0.5) is 5.82 Å². The summed E-state index contributed by atoms with van der Waals surface area (Å²) in [4.78, 5) is 21.4. The number of rotatable bonds is 4. The molecule has 4 rings (SSSR count). The van der Waals surface area contributed by atoms with Crippen molar-refractivity contribution in [3.63, 3.8) is 0 Å². The maximum atomic E-state index is 12.9. The average molecular weight is 366 g/mol. The maximum absolute atomic E-state index is 12.9. The second-order valence-electron chi connectivity index (χ2n) is 7.29. The van der Waals surface area contributed by atoms with Crippen LogP contribution in [0, 0.1) is 0 Å². The first kappa shape index (κ1) is 17.9. The second kappa shape index (κ2) is 8.06. The van der Waals surface area contributed by atoms with Gasteiger partial charge >= 0.3 is 0 Å². The molecule has 1 amide bonds. The summed E-state index contributed by atoms with van der Waals surface area (Å²) in [5.41, 5.74) is 9.62. The molecule has 0 radical (unpaired) electrons. The first-order valence-electron chi connectivity index (χ1n) is 9.56. The fourth-order valence-corrected chi connectivity index (χ4v) is 3.93. The summed E-state index contributed by atoms with van der Waals surface area (Å²) in [7, 11) is 0. The van der Waals surface area contributed by atoms with Crippen LogP contribution >= 0.6 is 0 Å². The quantitative estimate of drug-likeness (QED) is 0.894. The Bertz CT molecular complexity index is 810. The van der Waals surface area contributed by atoms with Crippen LogP contribution in [0.1, 0.15) is 23.1 Å². The summed E-state index contributed by atoms with van der Waals surface area (Å²) in [6.07, 6.45) is 3.11. The lowest BCUT2D eigenvalue weighted by atomic mass is 9.99. The number of hydrogen-bond donors (Lipinski definition) is 1. The standard InChI is InChI=1S/C21H26N4O2/c22-21-18(6-3-8-23-21)14-24-10-11-27-15-19(24)12-20(26)25-9-7-16-4-1-2-5-17(16)13-25/h1-6,8,19H,7,9-15H2,(H2,22,23). The largest absolute Gasteiger partial charge is 0.383 e. The molecule has 0 spiro atoms. The van der Waals surface area contributed by atoms with Crippen LogP contribution in [0.3, 0.4) is 0 Å². The van der Waals surface area contributed by atoms with Gasteiger partial charge in [0.05, 0.1) is 13.2 Å². The highest BCUT2D eigenvalue weighted by molar-refractivity contribution is 5.77. The molecule has 1 fully saturated rings. The van der Waals surface area contributed by atoms with Crippen molar-refractivity contribution >= 4 is 11.7 Å². The Labute approximate surface area is 159 Å². The first-order valence-corrected chi connectivity index (χ1v) is 9.56. The molecule has 2 N–H and O–H groups in total. The number of nitrogen functional groups attached to an aromatic ring is 1. The monoisotopic (exact) mass is 366 g/mol. The first-order chi connectivity index (χ1) is 13.2. The topological polar surface area (TPSA) is 71.7 Å². The molecule has 1 aromatic carbocycles. The van der Waals surface area contributed by atoms with Gasteiger partial charge in [-0.1, -0.05) is 30.3 Å². The third-order valence-electron chi connectivity index (χ3n) is 5.54. The highest BCUT2D eigenvalue weighted by Gasteiger charge is 2.29. The maximum Gasteiger partial charge on any atom is 0.224 e. The number of carbonyl (C=O) groups excluding carboxylic acids is 1. The number of aromatic nitrogens is 1. The molecule has 1 unspecified atom stereocenters. The molecule has 1 aromatic heterocycles. The predicted octanol–water partition coefficient (Wildman–Crippen LogP) is 1.84. The molecule has 2 aromatic rings. The van der Waals surface area contributed by atoms with Crippen LogP contribution in [0.2, 0.25) is 0 Å². The third-order valence-corrected chi connectivity index (χ3v) is 5.54. The molecule has 27 heavy (non-hydrogen) atoms. The van der Waals surface area contributed by atoms with Crippen LogP contribution in [-0.2, 0) is 29.0 Å². The van der Waals surface area contributed by atoms with Crippen molar-refractivity contribution in [2.24, 2.45) is 0 Å². The number of amides is 1. The fourth-order valence-electron chi connectivity index (χ4n) is 3.93. The molecule has 1 atom stereocenters. The number of ether oxygens (including phenoxy) is 1. The number of hydrogen-bond acceptors (Lipinski definition) is 5. The van der Waals surface area contributed by atoms with Crippen molar-refractivity contribution in [1.29, 1.82) is 0 Å². The van der Waals surface area contributed by atoms with E-state index in [1.807, 2.05) is 23.1 Å². The minimum absolute atomic E-state index is 0.0722. The number of nitrogens with zero attached hydrogens (tertiary/aromatic N) is 3.